The number of amides is 2. The van der Waals surface area contributed by atoms with Crippen molar-refractivity contribution >= 4 is 24.2 Å². The first kappa shape index (κ1) is 29.5. The van der Waals surface area contributed by atoms with Gasteiger partial charge in [-0.1, -0.05) is 48.9 Å². The van der Waals surface area contributed by atoms with Crippen molar-refractivity contribution < 1.29 is 29.0 Å². The highest BCUT2D eigenvalue weighted by Crippen LogP contribution is 2.47. The third kappa shape index (κ3) is 7.74. The Bertz CT molecular complexity index is 1030. The van der Waals surface area contributed by atoms with E-state index < -0.39 is 28.8 Å². The molecule has 0 aromatic heterocycles. The molecule has 1 aromatic rings. The van der Waals surface area contributed by atoms with E-state index in [9.17, 15) is 19.5 Å². The van der Waals surface area contributed by atoms with Crippen LogP contribution in [0.4, 0.5) is 9.59 Å². The minimum Gasteiger partial charge on any atom is -0.480 e. The fourth-order valence-electron chi connectivity index (χ4n) is 5.26. The Balaban J connectivity index is 1.79. The molecule has 0 heterocycles. The molecule has 0 spiro atoms. The van der Waals surface area contributed by atoms with Crippen LogP contribution in [0.2, 0.25) is 0 Å². The van der Waals surface area contributed by atoms with Gasteiger partial charge in [0.1, 0.15) is 16.7 Å². The number of aliphatic carboxylic acids is 1. The lowest BCUT2D eigenvalue weighted by atomic mass is 9.79. The minimum atomic E-state index is -1.43. The molecule has 2 unspecified atom stereocenters. The molecule has 0 aliphatic heterocycles. The maximum absolute atomic E-state index is 13.5. The van der Waals surface area contributed by atoms with Crippen LogP contribution in [0.3, 0.4) is 0 Å². The number of carboxylic acid groups (broad SMARTS) is 1. The molecule has 2 aliphatic rings. The summed E-state index contributed by atoms with van der Waals surface area (Å²) < 4.78 is 11.1. The van der Waals surface area contributed by atoms with E-state index in [1.54, 1.807) is 20.8 Å². The van der Waals surface area contributed by atoms with Crippen LogP contribution in [0.15, 0.2) is 35.9 Å². The summed E-state index contributed by atoms with van der Waals surface area (Å²) in [4.78, 5) is 40.1. The maximum atomic E-state index is 13.5. The summed E-state index contributed by atoms with van der Waals surface area (Å²) in [6.45, 7) is 12.9. The van der Waals surface area contributed by atoms with E-state index in [1.807, 2.05) is 43.9 Å². The quantitative estimate of drug-likeness (QED) is 0.424. The second-order valence-electron chi connectivity index (χ2n) is 12.5. The Morgan fingerprint density at radius 1 is 1.03 bits per heavy atom. The van der Waals surface area contributed by atoms with Crippen molar-refractivity contribution in [2.45, 2.75) is 116 Å². The predicted molar refractivity (Wildman–Crippen MR) is 147 cm³/mol. The molecule has 38 heavy (non-hydrogen) atoms. The topological polar surface area (TPSA) is 105 Å². The molecule has 2 fully saturated rings. The van der Waals surface area contributed by atoms with Gasteiger partial charge in [0.25, 0.3) is 0 Å². The summed E-state index contributed by atoms with van der Waals surface area (Å²) >= 11 is 0. The number of carboxylic acids is 1. The SMILES string of the molecule is CC/C(=C\c1ccccc1)C1CC1N(C(=O)OC(C)(C)C)C1CCC(NC(=O)OC(C)(C)C)(C(=O)O)CC1. The van der Waals surface area contributed by atoms with Gasteiger partial charge in [-0.05, 0) is 85.6 Å². The first-order valence-corrected chi connectivity index (χ1v) is 13.7. The lowest BCUT2D eigenvalue weighted by Crippen LogP contribution is -2.59. The Labute approximate surface area is 226 Å². The Kier molecular flexibility index (Phi) is 8.84. The zero-order chi connectivity index (χ0) is 28.3. The van der Waals surface area contributed by atoms with Crippen LogP contribution < -0.4 is 5.32 Å². The molecule has 2 atom stereocenters. The van der Waals surface area contributed by atoms with Crippen LogP contribution in [0.1, 0.15) is 92.6 Å². The van der Waals surface area contributed by atoms with Gasteiger partial charge in [-0.2, -0.15) is 0 Å². The zero-order valence-corrected chi connectivity index (χ0v) is 23.9. The average Bonchev–Trinajstić information content (AvgIpc) is 3.57. The number of benzene rings is 1. The van der Waals surface area contributed by atoms with Crippen LogP contribution in [-0.2, 0) is 14.3 Å². The minimum absolute atomic E-state index is 0.000838. The monoisotopic (exact) mass is 528 g/mol. The fraction of sp³-hybridized carbons (Fsp3) is 0.633. The molecular weight excluding hydrogens is 484 g/mol. The molecule has 0 saturated heterocycles. The number of hydrogen-bond acceptors (Lipinski definition) is 5. The highest BCUT2D eigenvalue weighted by molar-refractivity contribution is 5.84. The molecule has 210 valence electrons. The van der Waals surface area contributed by atoms with Crippen molar-refractivity contribution in [2.24, 2.45) is 5.92 Å². The van der Waals surface area contributed by atoms with Crippen LogP contribution in [0.5, 0.6) is 0 Å². The largest absolute Gasteiger partial charge is 0.480 e. The first-order valence-electron chi connectivity index (χ1n) is 13.7. The lowest BCUT2D eigenvalue weighted by Gasteiger charge is -2.42. The normalized spacial score (nSPS) is 25.8. The van der Waals surface area contributed by atoms with Crippen molar-refractivity contribution in [3.63, 3.8) is 0 Å². The van der Waals surface area contributed by atoms with Crippen molar-refractivity contribution in [1.29, 1.82) is 0 Å². The molecule has 2 amide bonds. The molecule has 2 N–H and O–H groups in total. The Morgan fingerprint density at radius 3 is 2.11 bits per heavy atom. The van der Waals surface area contributed by atoms with Crippen molar-refractivity contribution in [1.82, 2.24) is 10.2 Å². The predicted octanol–water partition coefficient (Wildman–Crippen LogP) is 6.40. The number of nitrogens with one attached hydrogen (secondary N) is 1. The smallest absolute Gasteiger partial charge is 0.410 e. The third-order valence-corrected chi connectivity index (χ3v) is 7.11. The van der Waals surface area contributed by atoms with E-state index in [4.69, 9.17) is 9.47 Å². The molecule has 0 radical (unpaired) electrons. The highest BCUT2D eigenvalue weighted by Gasteiger charge is 2.52. The van der Waals surface area contributed by atoms with Gasteiger partial charge >= 0.3 is 18.2 Å². The van der Waals surface area contributed by atoms with Crippen LogP contribution in [-0.4, -0.2) is 57.0 Å². The second-order valence-corrected chi connectivity index (χ2v) is 12.5. The van der Waals surface area contributed by atoms with Gasteiger partial charge < -0.3 is 24.8 Å². The van der Waals surface area contributed by atoms with Gasteiger partial charge in [0.2, 0.25) is 0 Å². The molecule has 0 bridgehead atoms. The molecule has 2 aliphatic carbocycles. The van der Waals surface area contributed by atoms with Gasteiger partial charge in [0.15, 0.2) is 0 Å². The molecule has 1 aromatic carbocycles. The number of rotatable bonds is 7. The summed E-state index contributed by atoms with van der Waals surface area (Å²) in [5.41, 5.74) is -0.388. The lowest BCUT2D eigenvalue weighted by molar-refractivity contribution is -0.146. The van der Waals surface area contributed by atoms with E-state index >= 15 is 0 Å². The Hall–Kier alpha value is -3.03. The van der Waals surface area contributed by atoms with Crippen LogP contribution in [0.25, 0.3) is 6.08 Å². The van der Waals surface area contributed by atoms with E-state index in [2.05, 4.69) is 30.4 Å². The number of carbonyl (C=O) groups is 3. The van der Waals surface area contributed by atoms with Gasteiger partial charge in [-0.25, -0.2) is 14.4 Å². The van der Waals surface area contributed by atoms with E-state index in [-0.39, 0.29) is 36.9 Å². The summed E-state index contributed by atoms with van der Waals surface area (Å²) in [7, 11) is 0. The van der Waals surface area contributed by atoms with Crippen molar-refractivity contribution in [3.05, 3.63) is 41.5 Å². The van der Waals surface area contributed by atoms with Gasteiger partial charge in [0, 0.05) is 18.0 Å². The number of nitrogens with zero attached hydrogens (tertiary/aromatic N) is 1. The molecule has 8 heteroatoms. The number of hydrogen-bond donors (Lipinski definition) is 2. The standard InChI is InChI=1S/C30H44N2O6/c1-8-21(18-20-12-10-9-11-13-20)23-19-24(23)32(27(36)38-29(5,6)7)22-14-16-30(17-15-22,25(33)34)31-26(35)37-28(2,3)4/h9-13,18,22-24H,8,14-17,19H2,1-7H3,(H,31,35)(H,33,34)/b21-18+. The van der Waals surface area contributed by atoms with Gasteiger partial charge in [-0.3, -0.25) is 0 Å². The van der Waals surface area contributed by atoms with Crippen molar-refractivity contribution in [3.8, 4) is 0 Å². The molecule has 8 nitrogen and oxygen atoms in total. The second kappa shape index (κ2) is 11.4. The number of alkyl carbamates (subject to hydrolysis) is 1. The molecular formula is C30H44N2O6. The fourth-order valence-corrected chi connectivity index (χ4v) is 5.26. The van der Waals surface area contributed by atoms with Gasteiger partial charge in [-0.15, -0.1) is 0 Å². The summed E-state index contributed by atoms with van der Waals surface area (Å²) in [5, 5.41) is 12.7. The van der Waals surface area contributed by atoms with Crippen LogP contribution >= 0.6 is 0 Å². The molecule has 2 saturated carbocycles. The first-order chi connectivity index (χ1) is 17.6. The summed E-state index contributed by atoms with van der Waals surface area (Å²) in [5.74, 6) is -0.854. The number of carbonyl (C=O) groups excluding carboxylic acids is 2. The van der Waals surface area contributed by atoms with E-state index in [0.717, 1.165) is 18.4 Å². The van der Waals surface area contributed by atoms with E-state index in [1.165, 1.54) is 5.57 Å². The van der Waals surface area contributed by atoms with Crippen LogP contribution in [0, 0.1) is 5.92 Å². The van der Waals surface area contributed by atoms with Gasteiger partial charge in [0.05, 0.1) is 0 Å². The zero-order valence-electron chi connectivity index (χ0n) is 23.9. The summed E-state index contributed by atoms with van der Waals surface area (Å²) in [6, 6.07) is 9.98. The number of ether oxygens (including phenoxy) is 2. The van der Waals surface area contributed by atoms with Crippen molar-refractivity contribution in [2.75, 3.05) is 0 Å². The third-order valence-electron chi connectivity index (χ3n) is 7.11. The highest BCUT2D eigenvalue weighted by atomic mass is 16.6. The van der Waals surface area contributed by atoms with E-state index in [0.29, 0.717) is 12.8 Å². The average molecular weight is 529 g/mol. The maximum Gasteiger partial charge on any atom is 0.410 e. The Morgan fingerprint density at radius 2 is 1.61 bits per heavy atom. The summed E-state index contributed by atoms with van der Waals surface area (Å²) in [6.07, 6.45) is 4.10. The molecule has 3 rings (SSSR count).